The first kappa shape index (κ1) is 58.2. The predicted octanol–water partition coefficient (Wildman–Crippen LogP) is 1.65. The minimum absolute atomic E-state index is 0.107. The maximum atomic E-state index is 14.2. The van der Waals surface area contributed by atoms with Gasteiger partial charge in [0.1, 0.15) is 17.3 Å². The molecule has 0 saturated carbocycles. The average Bonchev–Trinajstić information content (AvgIpc) is 3.21. The number of hydrogen-bond acceptors (Lipinski definition) is 12. The van der Waals surface area contributed by atoms with Crippen molar-refractivity contribution in [1.29, 1.82) is 0 Å². The summed E-state index contributed by atoms with van der Waals surface area (Å²) in [5, 5.41) is 20.2. The molecule has 358 valence electrons. The Balaban J connectivity index is 6.32. The van der Waals surface area contributed by atoms with Gasteiger partial charge in [0.2, 0.25) is 29.5 Å². The van der Waals surface area contributed by atoms with E-state index in [2.05, 4.69) is 64.9 Å². The second-order valence-corrected chi connectivity index (χ2v) is 17.2. The summed E-state index contributed by atoms with van der Waals surface area (Å²) in [4.78, 5) is 108. The van der Waals surface area contributed by atoms with Gasteiger partial charge in [-0.05, 0) is 50.4 Å². The molecule has 0 aromatic heterocycles. The third-order valence-electron chi connectivity index (χ3n) is 10.5. The van der Waals surface area contributed by atoms with Crippen LogP contribution in [0.25, 0.3) is 0 Å². The van der Waals surface area contributed by atoms with Gasteiger partial charge in [-0.1, -0.05) is 48.0 Å². The Kier molecular flexibility index (Phi) is 34.4. The first-order valence-corrected chi connectivity index (χ1v) is 23.3. The van der Waals surface area contributed by atoms with Crippen molar-refractivity contribution in [2.45, 2.75) is 131 Å². The van der Waals surface area contributed by atoms with E-state index < -0.39 is 71.7 Å². The van der Waals surface area contributed by atoms with Crippen LogP contribution < -0.4 is 48.7 Å². The Morgan fingerprint density at radius 1 is 0.419 bits per heavy atom. The second-order valence-electron chi connectivity index (χ2n) is 17.2. The fourth-order valence-corrected chi connectivity index (χ4v) is 6.80. The number of ketones is 3. The summed E-state index contributed by atoms with van der Waals surface area (Å²) >= 11 is 0. The average molecular weight is 880 g/mol. The van der Waals surface area contributed by atoms with E-state index in [9.17, 15) is 38.4 Å². The number of nitrogens with one attached hydrogen (secondary N) is 7. The van der Waals surface area contributed by atoms with Crippen LogP contribution in [0.3, 0.4) is 0 Å². The van der Waals surface area contributed by atoms with Crippen molar-refractivity contribution in [1.82, 2.24) is 37.2 Å². The van der Waals surface area contributed by atoms with E-state index in [1.165, 1.54) is 0 Å². The normalized spacial score (nSPS) is 13.2. The van der Waals surface area contributed by atoms with Crippen molar-refractivity contribution < 1.29 is 38.4 Å². The van der Waals surface area contributed by atoms with Crippen LogP contribution in [0.5, 0.6) is 0 Å². The van der Waals surface area contributed by atoms with Crippen LogP contribution in [0.15, 0.2) is 0 Å². The van der Waals surface area contributed by atoms with Gasteiger partial charge in [-0.15, -0.1) is 0 Å². The summed E-state index contributed by atoms with van der Waals surface area (Å²) < 4.78 is 0. The van der Waals surface area contributed by atoms with E-state index >= 15 is 0 Å². The largest absolute Gasteiger partial charge is 0.356 e. The van der Waals surface area contributed by atoms with Crippen LogP contribution in [0.1, 0.15) is 131 Å². The highest BCUT2D eigenvalue weighted by Gasteiger charge is 2.33. The Morgan fingerprint density at radius 2 is 0.806 bits per heavy atom. The topological polar surface area (TPSA) is 273 Å². The van der Waals surface area contributed by atoms with E-state index in [1.54, 1.807) is 0 Å². The smallest absolute Gasteiger partial charge is 0.224 e. The number of Topliss-reactive ketones (excluding diaryl/α,β-unsaturated/α-hetero) is 3. The number of nitrogens with two attached hydrogens (primary N) is 2. The van der Waals surface area contributed by atoms with Crippen molar-refractivity contribution in [3.8, 4) is 0 Å². The third kappa shape index (κ3) is 30.3. The van der Waals surface area contributed by atoms with E-state index in [-0.39, 0.29) is 50.3 Å². The van der Waals surface area contributed by atoms with Gasteiger partial charge in [-0.3, -0.25) is 38.4 Å². The molecule has 0 aliphatic heterocycles. The molecule has 0 rings (SSSR count). The molecule has 0 aliphatic rings. The molecular weight excluding hydrogens is 795 g/mol. The van der Waals surface area contributed by atoms with Gasteiger partial charge < -0.3 is 48.7 Å². The molecule has 0 aromatic rings. The highest BCUT2D eigenvalue weighted by Crippen LogP contribution is 2.23. The number of rotatable bonds is 40. The molecule has 0 aromatic carbocycles. The Morgan fingerprint density at radius 3 is 1.29 bits per heavy atom. The molecule has 0 aliphatic carbocycles. The zero-order chi connectivity index (χ0) is 46.7. The molecular formula is C45H85N9O8. The number of carbonyl (C=O) groups is 8. The Bertz CT molecular complexity index is 1330. The lowest BCUT2D eigenvalue weighted by Gasteiger charge is -2.22. The maximum Gasteiger partial charge on any atom is 0.224 e. The van der Waals surface area contributed by atoms with Crippen molar-refractivity contribution in [2.24, 2.45) is 47.0 Å². The number of hydrogen-bond donors (Lipinski definition) is 9. The SMILES string of the molecule is CCCCNC(=O)C(CC(=O)CC(CC(=O)C(CC(=O)CC(CC)C(=O)NCCCC(C)C)CC(=O)NCCCC(C)C)C(=O)NCCNCCN)CC(=O)NCCNCCN. The molecule has 5 amide bonds. The van der Waals surface area contributed by atoms with Gasteiger partial charge in [0, 0.05) is 129 Å². The first-order valence-electron chi connectivity index (χ1n) is 23.3. The number of unbranched alkanes of at least 4 members (excludes halogenated alkanes) is 1. The summed E-state index contributed by atoms with van der Waals surface area (Å²) in [7, 11) is 0. The van der Waals surface area contributed by atoms with Crippen molar-refractivity contribution >= 4 is 46.9 Å². The quantitative estimate of drug-likeness (QED) is 0.0398. The molecule has 0 bridgehead atoms. The molecule has 0 saturated heterocycles. The first-order chi connectivity index (χ1) is 29.6. The zero-order valence-corrected chi connectivity index (χ0v) is 39.1. The van der Waals surface area contributed by atoms with Crippen LogP contribution in [0, 0.1) is 35.5 Å². The summed E-state index contributed by atoms with van der Waals surface area (Å²) in [6.45, 7) is 16.7. The minimum atomic E-state index is -1.18. The van der Waals surface area contributed by atoms with Crippen LogP contribution in [-0.4, -0.2) is 119 Å². The lowest BCUT2D eigenvalue weighted by Crippen LogP contribution is -2.40. The van der Waals surface area contributed by atoms with Crippen molar-refractivity contribution in [3.63, 3.8) is 0 Å². The third-order valence-corrected chi connectivity index (χ3v) is 10.5. The maximum absolute atomic E-state index is 14.2. The molecule has 17 heteroatoms. The van der Waals surface area contributed by atoms with Crippen molar-refractivity contribution in [3.05, 3.63) is 0 Å². The summed E-state index contributed by atoms with van der Waals surface area (Å²) in [6, 6.07) is 0. The number of carbonyl (C=O) groups excluding carboxylic acids is 8. The summed E-state index contributed by atoms with van der Waals surface area (Å²) in [6.07, 6.45) is 3.18. The van der Waals surface area contributed by atoms with Crippen LogP contribution in [0.2, 0.25) is 0 Å². The molecule has 0 spiro atoms. The van der Waals surface area contributed by atoms with Crippen LogP contribution >= 0.6 is 0 Å². The Hall–Kier alpha value is -3.80. The van der Waals surface area contributed by atoms with Crippen LogP contribution in [0.4, 0.5) is 0 Å². The van der Waals surface area contributed by atoms with E-state index in [0.717, 1.165) is 32.1 Å². The Labute approximate surface area is 372 Å². The molecule has 4 atom stereocenters. The van der Waals surface area contributed by atoms with Gasteiger partial charge >= 0.3 is 0 Å². The minimum Gasteiger partial charge on any atom is -0.356 e. The molecule has 11 N–H and O–H groups in total. The molecule has 17 nitrogen and oxygen atoms in total. The molecule has 0 heterocycles. The fourth-order valence-electron chi connectivity index (χ4n) is 6.80. The van der Waals surface area contributed by atoms with Gasteiger partial charge in [-0.2, -0.15) is 0 Å². The van der Waals surface area contributed by atoms with Gasteiger partial charge in [-0.25, -0.2) is 0 Å². The van der Waals surface area contributed by atoms with Gasteiger partial charge in [0.25, 0.3) is 0 Å². The van der Waals surface area contributed by atoms with E-state index in [1.807, 2.05) is 13.8 Å². The standard InChI is InChI=1S/C45H85N9O8/c1-7-9-16-52-45(62)37(31-42(59)51-23-21-48-19-14-46)28-39(56)27-36(44(61)54-24-22-49-20-15-47)29-40(57)35(30-41(58)50-17-10-12-32(3)4)26-38(55)25-34(8-2)43(60)53-18-11-13-33(5)6/h32-37,48-49H,7-31,46-47H2,1-6H3,(H,50,58)(H,51,59)(H,52,62)(H,53,60)(H,54,61). The van der Waals surface area contributed by atoms with E-state index in [4.69, 9.17) is 11.5 Å². The second kappa shape index (κ2) is 36.7. The van der Waals surface area contributed by atoms with Gasteiger partial charge in [0.15, 0.2) is 0 Å². The zero-order valence-electron chi connectivity index (χ0n) is 39.1. The highest BCUT2D eigenvalue weighted by molar-refractivity contribution is 5.97. The van der Waals surface area contributed by atoms with Gasteiger partial charge in [0.05, 0.1) is 11.8 Å². The van der Waals surface area contributed by atoms with Crippen molar-refractivity contribution in [2.75, 3.05) is 72.0 Å². The highest BCUT2D eigenvalue weighted by atomic mass is 16.2. The molecule has 0 radical (unpaired) electrons. The lowest BCUT2D eigenvalue weighted by atomic mass is 9.83. The molecule has 4 unspecified atom stereocenters. The number of amides is 5. The molecule has 0 fully saturated rings. The monoisotopic (exact) mass is 880 g/mol. The lowest BCUT2D eigenvalue weighted by molar-refractivity contribution is -0.137. The predicted molar refractivity (Wildman–Crippen MR) is 244 cm³/mol. The molecule has 62 heavy (non-hydrogen) atoms. The van der Waals surface area contributed by atoms with E-state index in [0.29, 0.717) is 90.1 Å². The van der Waals surface area contributed by atoms with Crippen LogP contribution in [-0.2, 0) is 38.4 Å². The fraction of sp³-hybridized carbons (Fsp3) is 0.822. The summed E-state index contributed by atoms with van der Waals surface area (Å²) in [5.41, 5.74) is 11.1. The summed E-state index contributed by atoms with van der Waals surface area (Å²) in [5.74, 6) is -6.44.